The van der Waals surface area contributed by atoms with E-state index in [4.69, 9.17) is 18.0 Å². The maximum atomic E-state index is 12.4. The van der Waals surface area contributed by atoms with Crippen LogP contribution in [0.3, 0.4) is 0 Å². The van der Waals surface area contributed by atoms with Crippen LogP contribution < -0.4 is 10.5 Å². The highest BCUT2D eigenvalue weighted by molar-refractivity contribution is 7.89. The maximum absolute atomic E-state index is 12.4. The molecule has 0 radical (unpaired) electrons. The molecule has 0 atom stereocenters. The average Bonchev–Trinajstić information content (AvgIpc) is 2.92. The number of benzene rings is 1. The minimum Gasteiger partial charge on any atom is -0.389 e. The Bertz CT molecular complexity index is 735. The summed E-state index contributed by atoms with van der Waals surface area (Å²) in [6, 6.07) is 6.14. The van der Waals surface area contributed by atoms with E-state index in [0.717, 1.165) is 0 Å². The predicted octanol–water partition coefficient (Wildman–Crippen LogP) is 1.99. The molecule has 0 spiro atoms. The molecule has 0 amide bonds. The number of nitrogens with one attached hydrogen (secondary N) is 1. The molecule has 0 aliphatic carbocycles. The molecule has 5 nitrogen and oxygen atoms in total. The summed E-state index contributed by atoms with van der Waals surface area (Å²) in [6.45, 7) is 3.54. The molecule has 0 saturated heterocycles. The summed E-state index contributed by atoms with van der Waals surface area (Å²) < 4.78 is 27.5. The monoisotopic (exact) mass is 341 g/mol. The average molecular weight is 341 g/mol. The van der Waals surface area contributed by atoms with Gasteiger partial charge < -0.3 is 5.73 Å². The quantitative estimate of drug-likeness (QED) is 0.813. The number of nitrogens with two attached hydrogens (primary N) is 1. The molecule has 1 aromatic carbocycles. The smallest absolute Gasteiger partial charge is 0.241 e. The lowest BCUT2D eigenvalue weighted by atomic mass is 10.1. The Morgan fingerprint density at radius 2 is 1.95 bits per heavy atom. The molecule has 0 aliphatic rings. The van der Waals surface area contributed by atoms with Gasteiger partial charge in [-0.05, 0) is 26.0 Å². The molecule has 8 heteroatoms. The van der Waals surface area contributed by atoms with Crippen LogP contribution in [0.15, 0.2) is 40.7 Å². The van der Waals surface area contributed by atoms with Crippen LogP contribution in [0, 0.1) is 0 Å². The van der Waals surface area contributed by atoms with Gasteiger partial charge in [0.2, 0.25) is 10.0 Å². The van der Waals surface area contributed by atoms with Crippen LogP contribution in [0.1, 0.15) is 24.4 Å². The molecule has 3 N–H and O–H groups in total. The van der Waals surface area contributed by atoms with Crippen molar-refractivity contribution in [2.45, 2.75) is 24.3 Å². The summed E-state index contributed by atoms with van der Waals surface area (Å²) >= 11 is 6.25. The third kappa shape index (κ3) is 3.65. The summed E-state index contributed by atoms with van der Waals surface area (Å²) in [5.41, 5.74) is 5.34. The van der Waals surface area contributed by atoms with Crippen LogP contribution in [0.25, 0.3) is 0 Å². The molecule has 0 aliphatic heterocycles. The number of thiazole rings is 1. The van der Waals surface area contributed by atoms with E-state index >= 15 is 0 Å². The fraction of sp³-hybridized carbons (Fsp3) is 0.231. The second-order valence-corrected chi connectivity index (χ2v) is 7.97. The van der Waals surface area contributed by atoms with Gasteiger partial charge in [0.15, 0.2) is 0 Å². The number of hydrogen-bond acceptors (Lipinski definition) is 5. The highest BCUT2D eigenvalue weighted by Gasteiger charge is 2.30. The molecule has 1 aromatic heterocycles. The van der Waals surface area contributed by atoms with Crippen molar-refractivity contribution in [1.82, 2.24) is 9.71 Å². The van der Waals surface area contributed by atoms with Crippen molar-refractivity contribution < 1.29 is 8.42 Å². The largest absolute Gasteiger partial charge is 0.389 e. The Kier molecular flexibility index (Phi) is 4.43. The zero-order chi connectivity index (χ0) is 15.7. The predicted molar refractivity (Wildman–Crippen MR) is 87.8 cm³/mol. The molecule has 0 fully saturated rings. The molecular weight excluding hydrogens is 326 g/mol. The van der Waals surface area contributed by atoms with Gasteiger partial charge in [-0.3, -0.25) is 0 Å². The van der Waals surface area contributed by atoms with Crippen molar-refractivity contribution in [2.75, 3.05) is 0 Å². The first-order valence-electron chi connectivity index (χ1n) is 6.06. The maximum Gasteiger partial charge on any atom is 0.241 e. The van der Waals surface area contributed by atoms with Crippen molar-refractivity contribution in [1.29, 1.82) is 0 Å². The van der Waals surface area contributed by atoms with Crippen molar-refractivity contribution in [2.24, 2.45) is 5.73 Å². The van der Waals surface area contributed by atoms with E-state index in [-0.39, 0.29) is 9.88 Å². The molecular formula is C13H15N3O2S3. The highest BCUT2D eigenvalue weighted by atomic mass is 32.2. The van der Waals surface area contributed by atoms with E-state index in [1.54, 1.807) is 32.2 Å². The Hall–Kier alpha value is -1.35. The third-order valence-electron chi connectivity index (χ3n) is 2.81. The summed E-state index contributed by atoms with van der Waals surface area (Å²) in [5, 5.41) is 2.51. The van der Waals surface area contributed by atoms with Crippen molar-refractivity contribution >= 4 is 38.6 Å². The first-order valence-corrected chi connectivity index (χ1v) is 8.83. The number of hydrogen-bond donors (Lipinski definition) is 2. The number of thiocarbonyl (C=S) groups is 1. The molecule has 1 heterocycles. The van der Waals surface area contributed by atoms with Gasteiger partial charge in [0, 0.05) is 17.1 Å². The van der Waals surface area contributed by atoms with Crippen LogP contribution in [-0.4, -0.2) is 18.4 Å². The van der Waals surface area contributed by atoms with Gasteiger partial charge in [-0.25, -0.2) is 13.4 Å². The number of rotatable bonds is 5. The zero-order valence-corrected chi connectivity index (χ0v) is 14.0. The Balaban J connectivity index is 2.28. The van der Waals surface area contributed by atoms with Crippen molar-refractivity contribution in [3.8, 4) is 0 Å². The Labute approximate surface area is 133 Å². The van der Waals surface area contributed by atoms with Gasteiger partial charge >= 0.3 is 0 Å². The second kappa shape index (κ2) is 5.80. The summed E-state index contributed by atoms with van der Waals surface area (Å²) in [7, 11) is -3.65. The number of aromatic nitrogens is 1. The summed E-state index contributed by atoms with van der Waals surface area (Å²) in [5.74, 6) is 0. The minimum atomic E-state index is -3.65. The molecule has 0 unspecified atom stereocenters. The molecule has 112 valence electrons. The molecule has 2 aromatic rings. The molecule has 0 bridgehead atoms. The third-order valence-corrected chi connectivity index (χ3v) is 5.81. The Morgan fingerprint density at radius 1 is 1.33 bits per heavy atom. The fourth-order valence-electron chi connectivity index (χ4n) is 1.77. The van der Waals surface area contributed by atoms with E-state index in [9.17, 15) is 8.42 Å². The summed E-state index contributed by atoms with van der Waals surface area (Å²) in [4.78, 5) is 4.55. The lowest BCUT2D eigenvalue weighted by molar-refractivity contribution is 0.470. The van der Waals surface area contributed by atoms with Crippen LogP contribution in [0.5, 0.6) is 0 Å². The first-order chi connectivity index (χ1) is 9.72. The highest BCUT2D eigenvalue weighted by Crippen LogP contribution is 2.24. The van der Waals surface area contributed by atoms with Crippen molar-refractivity contribution in [3.63, 3.8) is 0 Å². The standard InChI is InChI=1S/C13H15N3O2S3/c1-13(2,12-15-7-8-20-12)16-21(17,18)10-5-3-9(4-6-10)11(14)19/h3-8,16H,1-2H3,(H2,14,19). The van der Waals surface area contributed by atoms with E-state index in [1.807, 2.05) is 5.38 Å². The van der Waals surface area contributed by atoms with E-state index in [2.05, 4.69) is 9.71 Å². The van der Waals surface area contributed by atoms with Gasteiger partial charge in [0.05, 0.1) is 10.4 Å². The zero-order valence-electron chi connectivity index (χ0n) is 11.5. The van der Waals surface area contributed by atoms with E-state index in [0.29, 0.717) is 10.6 Å². The summed E-state index contributed by atoms with van der Waals surface area (Å²) in [6.07, 6.45) is 1.65. The van der Waals surface area contributed by atoms with Crippen molar-refractivity contribution in [3.05, 3.63) is 46.4 Å². The van der Waals surface area contributed by atoms with Crippen LogP contribution in [0.4, 0.5) is 0 Å². The second-order valence-electron chi connectivity index (χ2n) is 4.96. The molecule has 2 rings (SSSR count). The van der Waals surface area contributed by atoms with E-state index < -0.39 is 15.6 Å². The number of nitrogens with zero attached hydrogens (tertiary/aromatic N) is 1. The Morgan fingerprint density at radius 3 is 2.43 bits per heavy atom. The van der Waals surface area contributed by atoms with E-state index in [1.165, 1.54) is 23.5 Å². The first kappa shape index (κ1) is 16.0. The SMILES string of the molecule is CC(C)(NS(=O)(=O)c1ccc(C(N)=S)cc1)c1nccs1. The lowest BCUT2D eigenvalue weighted by Gasteiger charge is -2.23. The van der Waals surface area contributed by atoms with Gasteiger partial charge in [0.1, 0.15) is 10.00 Å². The topological polar surface area (TPSA) is 85.1 Å². The fourth-order valence-corrected chi connectivity index (χ4v) is 4.07. The van der Waals surface area contributed by atoms with Gasteiger partial charge in [-0.15, -0.1) is 11.3 Å². The lowest BCUT2D eigenvalue weighted by Crippen LogP contribution is -2.40. The molecule has 21 heavy (non-hydrogen) atoms. The van der Waals surface area contributed by atoms with Crippen LogP contribution in [0.2, 0.25) is 0 Å². The van der Waals surface area contributed by atoms with Gasteiger partial charge in [-0.1, -0.05) is 24.4 Å². The van der Waals surface area contributed by atoms with Crippen LogP contribution in [-0.2, 0) is 15.6 Å². The van der Waals surface area contributed by atoms with Gasteiger partial charge in [-0.2, -0.15) is 4.72 Å². The van der Waals surface area contributed by atoms with Crippen LogP contribution >= 0.6 is 23.6 Å². The van der Waals surface area contributed by atoms with Gasteiger partial charge in [0.25, 0.3) is 0 Å². The minimum absolute atomic E-state index is 0.159. The normalized spacial score (nSPS) is 12.3. The molecule has 0 saturated carbocycles. The number of sulfonamides is 1.